The number of alkyl halides is 2. The number of methoxy groups -OCH3 is 2. The van der Waals surface area contributed by atoms with E-state index in [4.69, 9.17) is 9.47 Å². The van der Waals surface area contributed by atoms with E-state index in [1.165, 1.54) is 13.2 Å². The van der Waals surface area contributed by atoms with Crippen molar-refractivity contribution in [2.45, 2.75) is 9.65 Å². The molecule has 138 valence electrons. The van der Waals surface area contributed by atoms with Crippen LogP contribution in [-0.2, 0) is 4.79 Å². The molecule has 2 rings (SSSR count). The number of anilines is 1. The Morgan fingerprint density at radius 1 is 1.04 bits per heavy atom. The Hall–Kier alpha value is -2.06. The standard InChI is InChI=1S/C18H17Br2NO5/c1-25-13-8-7-10(9-14(13)26-2)15(19)16(20)17(22)21-12-6-4-3-5-11(12)18(23)24/h3-9,15-16H,1-2H3,(H,21,22)(H,23,24). The number of carboxylic acid groups (broad SMARTS) is 1. The molecule has 2 aromatic carbocycles. The summed E-state index contributed by atoms with van der Waals surface area (Å²) < 4.78 is 10.5. The third kappa shape index (κ3) is 4.56. The molecule has 0 fully saturated rings. The fraction of sp³-hybridized carbons (Fsp3) is 0.222. The van der Waals surface area contributed by atoms with Crippen molar-refractivity contribution in [3.05, 3.63) is 53.6 Å². The van der Waals surface area contributed by atoms with Crippen LogP contribution in [0.5, 0.6) is 11.5 Å². The van der Waals surface area contributed by atoms with Gasteiger partial charge in [0.15, 0.2) is 11.5 Å². The Bertz CT molecular complexity index is 812. The maximum absolute atomic E-state index is 12.5. The average molecular weight is 487 g/mol. The Labute approximate surface area is 167 Å². The summed E-state index contributed by atoms with van der Waals surface area (Å²) in [5, 5.41) is 11.9. The quantitative estimate of drug-likeness (QED) is 0.572. The molecule has 0 aliphatic rings. The van der Waals surface area contributed by atoms with Gasteiger partial charge in [-0.3, -0.25) is 4.79 Å². The molecule has 0 aliphatic heterocycles. The fourth-order valence-electron chi connectivity index (χ4n) is 2.31. The van der Waals surface area contributed by atoms with Gasteiger partial charge in [0.05, 0.1) is 30.3 Å². The topological polar surface area (TPSA) is 84.9 Å². The zero-order valence-corrected chi connectivity index (χ0v) is 17.2. The van der Waals surface area contributed by atoms with E-state index in [0.29, 0.717) is 11.5 Å². The lowest BCUT2D eigenvalue weighted by Crippen LogP contribution is -2.27. The van der Waals surface area contributed by atoms with E-state index in [1.807, 2.05) is 6.07 Å². The summed E-state index contributed by atoms with van der Waals surface area (Å²) in [4.78, 5) is 22.8. The molecular formula is C18H17Br2NO5. The highest BCUT2D eigenvalue weighted by Gasteiger charge is 2.27. The first kappa shape index (κ1) is 20.3. The largest absolute Gasteiger partial charge is 0.493 e. The number of aromatic carboxylic acids is 1. The Balaban J connectivity index is 2.19. The van der Waals surface area contributed by atoms with Crippen molar-refractivity contribution in [1.82, 2.24) is 0 Å². The van der Waals surface area contributed by atoms with E-state index < -0.39 is 10.8 Å². The van der Waals surface area contributed by atoms with Crippen LogP contribution in [0.25, 0.3) is 0 Å². The van der Waals surface area contributed by atoms with Crippen molar-refractivity contribution in [3.63, 3.8) is 0 Å². The lowest BCUT2D eigenvalue weighted by molar-refractivity contribution is -0.115. The number of para-hydroxylation sites is 1. The first-order valence-electron chi connectivity index (χ1n) is 7.52. The lowest BCUT2D eigenvalue weighted by Gasteiger charge is -2.19. The Morgan fingerprint density at radius 3 is 2.31 bits per heavy atom. The van der Waals surface area contributed by atoms with Crippen molar-refractivity contribution >= 4 is 49.4 Å². The third-order valence-electron chi connectivity index (χ3n) is 3.65. The van der Waals surface area contributed by atoms with Crippen LogP contribution in [0.2, 0.25) is 0 Å². The van der Waals surface area contributed by atoms with Gasteiger partial charge in [-0.1, -0.05) is 50.1 Å². The number of amides is 1. The van der Waals surface area contributed by atoms with Crippen molar-refractivity contribution in [3.8, 4) is 11.5 Å². The van der Waals surface area contributed by atoms with E-state index in [9.17, 15) is 14.7 Å². The van der Waals surface area contributed by atoms with Gasteiger partial charge in [-0.05, 0) is 29.8 Å². The van der Waals surface area contributed by atoms with Gasteiger partial charge in [0.2, 0.25) is 5.91 Å². The van der Waals surface area contributed by atoms with Gasteiger partial charge in [-0.25, -0.2) is 4.79 Å². The predicted octanol–water partition coefficient (Wildman–Crippen LogP) is 4.24. The molecule has 0 saturated carbocycles. The Kier molecular flexibility index (Phi) is 7.05. The molecule has 26 heavy (non-hydrogen) atoms. The molecule has 0 spiro atoms. The second-order valence-electron chi connectivity index (χ2n) is 5.26. The van der Waals surface area contributed by atoms with E-state index in [0.717, 1.165) is 5.56 Å². The summed E-state index contributed by atoms with van der Waals surface area (Å²) in [6, 6.07) is 11.6. The smallest absolute Gasteiger partial charge is 0.337 e. The molecule has 0 aromatic heterocycles. The van der Waals surface area contributed by atoms with Gasteiger partial charge in [0, 0.05) is 0 Å². The molecule has 2 aromatic rings. The van der Waals surface area contributed by atoms with Crippen LogP contribution in [0, 0.1) is 0 Å². The molecule has 0 bridgehead atoms. The molecule has 8 heteroatoms. The lowest BCUT2D eigenvalue weighted by atomic mass is 10.1. The minimum absolute atomic E-state index is 0.0257. The number of carboxylic acids is 1. The highest BCUT2D eigenvalue weighted by molar-refractivity contribution is 9.12. The van der Waals surface area contributed by atoms with Gasteiger partial charge in [-0.15, -0.1) is 0 Å². The molecule has 2 N–H and O–H groups in total. The van der Waals surface area contributed by atoms with Crippen molar-refractivity contribution in [1.29, 1.82) is 0 Å². The van der Waals surface area contributed by atoms with Crippen LogP contribution < -0.4 is 14.8 Å². The number of hydrogen-bond donors (Lipinski definition) is 2. The van der Waals surface area contributed by atoms with E-state index >= 15 is 0 Å². The molecule has 2 unspecified atom stereocenters. The second-order valence-corrected chi connectivity index (χ2v) is 7.23. The van der Waals surface area contributed by atoms with Crippen LogP contribution in [0.15, 0.2) is 42.5 Å². The second kappa shape index (κ2) is 9.05. The van der Waals surface area contributed by atoms with Gasteiger partial charge in [0.25, 0.3) is 0 Å². The van der Waals surface area contributed by atoms with Crippen LogP contribution in [0.3, 0.4) is 0 Å². The molecular weight excluding hydrogens is 470 g/mol. The highest BCUT2D eigenvalue weighted by atomic mass is 79.9. The van der Waals surface area contributed by atoms with Crippen molar-refractivity contribution < 1.29 is 24.2 Å². The SMILES string of the molecule is COc1ccc(C(Br)C(Br)C(=O)Nc2ccccc2C(=O)O)cc1OC. The number of benzene rings is 2. The minimum Gasteiger partial charge on any atom is -0.493 e. The van der Waals surface area contributed by atoms with Crippen LogP contribution in [0.4, 0.5) is 5.69 Å². The first-order chi connectivity index (χ1) is 12.4. The van der Waals surface area contributed by atoms with Crippen molar-refractivity contribution in [2.75, 3.05) is 19.5 Å². The third-order valence-corrected chi connectivity index (χ3v) is 6.36. The number of carbonyl (C=O) groups is 2. The monoisotopic (exact) mass is 485 g/mol. The van der Waals surface area contributed by atoms with Crippen LogP contribution in [0.1, 0.15) is 20.7 Å². The molecule has 0 saturated heterocycles. The summed E-state index contributed by atoms with van der Waals surface area (Å²) in [6.07, 6.45) is 0. The fourth-order valence-corrected chi connectivity index (χ4v) is 3.25. The van der Waals surface area contributed by atoms with Gasteiger partial charge < -0.3 is 19.9 Å². The van der Waals surface area contributed by atoms with E-state index in [-0.39, 0.29) is 22.0 Å². The Morgan fingerprint density at radius 2 is 1.69 bits per heavy atom. The van der Waals surface area contributed by atoms with E-state index in [2.05, 4.69) is 37.2 Å². The van der Waals surface area contributed by atoms with E-state index in [1.54, 1.807) is 37.4 Å². The number of hydrogen-bond acceptors (Lipinski definition) is 4. The van der Waals surface area contributed by atoms with Crippen molar-refractivity contribution in [2.24, 2.45) is 0 Å². The number of halogens is 2. The first-order valence-corrected chi connectivity index (χ1v) is 9.35. The molecule has 1 amide bonds. The van der Waals surface area contributed by atoms with Gasteiger partial charge in [0.1, 0.15) is 4.83 Å². The predicted molar refractivity (Wildman–Crippen MR) is 106 cm³/mol. The zero-order chi connectivity index (χ0) is 19.3. The maximum Gasteiger partial charge on any atom is 0.337 e. The number of carbonyl (C=O) groups excluding carboxylic acids is 1. The molecule has 0 aliphatic carbocycles. The zero-order valence-electron chi connectivity index (χ0n) is 14.0. The number of rotatable bonds is 7. The molecule has 6 nitrogen and oxygen atoms in total. The number of nitrogens with one attached hydrogen (secondary N) is 1. The van der Waals surface area contributed by atoms with Crippen LogP contribution in [-0.4, -0.2) is 36.0 Å². The minimum atomic E-state index is -1.11. The normalized spacial score (nSPS) is 12.8. The summed E-state index contributed by atoms with van der Waals surface area (Å²) in [5.41, 5.74) is 1.06. The summed E-state index contributed by atoms with van der Waals surface area (Å²) in [6.45, 7) is 0. The molecule has 0 radical (unpaired) electrons. The van der Waals surface area contributed by atoms with Gasteiger partial charge >= 0.3 is 5.97 Å². The average Bonchev–Trinajstić information content (AvgIpc) is 2.66. The summed E-state index contributed by atoms with van der Waals surface area (Å²) in [7, 11) is 3.08. The molecule has 0 heterocycles. The highest BCUT2D eigenvalue weighted by Crippen LogP contribution is 2.37. The summed E-state index contributed by atoms with van der Waals surface area (Å²) >= 11 is 6.87. The molecule has 2 atom stereocenters. The maximum atomic E-state index is 12.5. The van der Waals surface area contributed by atoms with Gasteiger partial charge in [-0.2, -0.15) is 0 Å². The number of ether oxygens (including phenoxy) is 2. The summed E-state index contributed by atoms with van der Waals surface area (Å²) in [5.74, 6) is -0.356. The van der Waals surface area contributed by atoms with Crippen LogP contribution >= 0.6 is 31.9 Å².